The second kappa shape index (κ2) is 6.80. The number of amides is 1. The molecule has 1 atom stereocenters. The van der Waals surface area contributed by atoms with Gasteiger partial charge in [0.1, 0.15) is 6.04 Å². The van der Waals surface area contributed by atoms with Crippen LogP contribution < -0.4 is 0 Å². The Morgan fingerprint density at radius 3 is 2.48 bits per heavy atom. The van der Waals surface area contributed by atoms with Crippen LogP contribution in [0.3, 0.4) is 0 Å². The van der Waals surface area contributed by atoms with Crippen LogP contribution in [0, 0.1) is 0 Å². The summed E-state index contributed by atoms with van der Waals surface area (Å²) in [6.45, 7) is 7.04. The first-order chi connectivity index (χ1) is 10.1. The zero-order valence-electron chi connectivity index (χ0n) is 12.3. The van der Waals surface area contributed by atoms with E-state index >= 15 is 0 Å². The molecule has 1 unspecified atom stereocenters. The van der Waals surface area contributed by atoms with Crippen LogP contribution in [0.5, 0.6) is 0 Å². The fraction of sp³-hybridized carbons (Fsp3) is 0.429. The molecule has 0 saturated heterocycles. The van der Waals surface area contributed by atoms with E-state index in [1.165, 1.54) is 4.80 Å². The first-order valence-electron chi connectivity index (χ1n) is 6.91. The highest BCUT2D eigenvalue weighted by molar-refractivity contribution is 9.10. The third-order valence-corrected chi connectivity index (χ3v) is 3.84. The van der Waals surface area contributed by atoms with Crippen molar-refractivity contribution in [3.8, 4) is 11.4 Å². The molecule has 0 saturated carbocycles. The summed E-state index contributed by atoms with van der Waals surface area (Å²) in [5, 5.41) is 12.3. The van der Waals surface area contributed by atoms with Gasteiger partial charge in [0.15, 0.2) is 0 Å². The number of carbonyl (C=O) groups is 1. The molecular weight excluding hydrogens is 334 g/mol. The lowest BCUT2D eigenvalue weighted by atomic mass is 10.2. The van der Waals surface area contributed by atoms with Gasteiger partial charge in [-0.15, -0.1) is 10.2 Å². The highest BCUT2D eigenvalue weighted by atomic mass is 79.9. The first kappa shape index (κ1) is 15.6. The maximum atomic E-state index is 12.3. The second-order valence-electron chi connectivity index (χ2n) is 4.63. The molecule has 7 heteroatoms. The van der Waals surface area contributed by atoms with Crippen LogP contribution >= 0.6 is 15.9 Å². The van der Waals surface area contributed by atoms with Crippen LogP contribution in [0.15, 0.2) is 28.7 Å². The predicted octanol–water partition coefficient (Wildman–Crippen LogP) is 2.53. The van der Waals surface area contributed by atoms with Crippen LogP contribution in [0.1, 0.15) is 26.8 Å². The van der Waals surface area contributed by atoms with E-state index in [1.807, 2.05) is 38.1 Å². The van der Waals surface area contributed by atoms with Gasteiger partial charge in [0.25, 0.3) is 0 Å². The second-order valence-corrected chi connectivity index (χ2v) is 5.54. The minimum absolute atomic E-state index is 0.000226. The summed E-state index contributed by atoms with van der Waals surface area (Å²) in [6, 6.07) is 7.19. The smallest absolute Gasteiger partial charge is 0.249 e. The van der Waals surface area contributed by atoms with Gasteiger partial charge in [-0.2, -0.15) is 4.80 Å². The van der Waals surface area contributed by atoms with Crippen molar-refractivity contribution >= 4 is 21.8 Å². The number of aromatic nitrogens is 4. The molecule has 2 aromatic rings. The van der Waals surface area contributed by atoms with E-state index in [9.17, 15) is 4.79 Å². The molecule has 0 spiro atoms. The molecule has 1 heterocycles. The third kappa shape index (κ3) is 3.47. The summed E-state index contributed by atoms with van der Waals surface area (Å²) in [7, 11) is 0. The molecule has 2 rings (SSSR count). The maximum absolute atomic E-state index is 12.3. The van der Waals surface area contributed by atoms with Crippen LogP contribution in [-0.2, 0) is 4.79 Å². The Kier molecular flexibility index (Phi) is 5.06. The van der Waals surface area contributed by atoms with Crippen molar-refractivity contribution in [2.45, 2.75) is 26.8 Å². The van der Waals surface area contributed by atoms with Crippen molar-refractivity contribution in [1.82, 2.24) is 25.1 Å². The van der Waals surface area contributed by atoms with Crippen molar-refractivity contribution in [1.29, 1.82) is 0 Å². The van der Waals surface area contributed by atoms with Crippen molar-refractivity contribution in [2.75, 3.05) is 13.1 Å². The van der Waals surface area contributed by atoms with Crippen molar-refractivity contribution < 1.29 is 4.79 Å². The number of carbonyl (C=O) groups excluding carboxylic acids is 1. The number of nitrogens with zero attached hydrogens (tertiary/aromatic N) is 5. The Morgan fingerprint density at radius 1 is 1.29 bits per heavy atom. The molecule has 0 aliphatic heterocycles. The van der Waals surface area contributed by atoms with Crippen LogP contribution in [-0.4, -0.2) is 44.1 Å². The monoisotopic (exact) mass is 351 g/mol. The summed E-state index contributed by atoms with van der Waals surface area (Å²) >= 11 is 3.39. The number of likely N-dealkylation sites (N-methyl/N-ethyl adjacent to an activating group) is 1. The lowest BCUT2D eigenvalue weighted by Gasteiger charge is -2.21. The molecule has 1 amide bonds. The zero-order chi connectivity index (χ0) is 15.4. The number of benzene rings is 1. The topological polar surface area (TPSA) is 63.9 Å². The third-order valence-electron chi connectivity index (χ3n) is 3.31. The van der Waals surface area contributed by atoms with Gasteiger partial charge in [-0.25, -0.2) is 0 Å². The standard InChI is InChI=1S/C14H18BrN5O/c1-4-19(5-2)14(21)10(3)20-17-13(16-18-20)11-6-8-12(15)9-7-11/h6-10H,4-5H2,1-3H3. The molecule has 1 aromatic carbocycles. The van der Waals surface area contributed by atoms with Crippen molar-refractivity contribution in [2.24, 2.45) is 0 Å². The first-order valence-corrected chi connectivity index (χ1v) is 7.70. The van der Waals surface area contributed by atoms with Gasteiger partial charge in [-0.1, -0.05) is 15.9 Å². The molecule has 0 radical (unpaired) electrons. The molecule has 6 nitrogen and oxygen atoms in total. The van der Waals surface area contributed by atoms with Gasteiger partial charge in [-0.05, 0) is 50.3 Å². The molecule has 0 N–H and O–H groups in total. The van der Waals surface area contributed by atoms with Gasteiger partial charge in [0, 0.05) is 23.1 Å². The van der Waals surface area contributed by atoms with E-state index in [0.717, 1.165) is 10.0 Å². The van der Waals surface area contributed by atoms with Gasteiger partial charge in [0.2, 0.25) is 11.7 Å². The number of hydrogen-bond acceptors (Lipinski definition) is 4. The minimum atomic E-state index is -0.457. The summed E-state index contributed by atoms with van der Waals surface area (Å²) in [5.41, 5.74) is 0.868. The number of tetrazole rings is 1. The van der Waals surface area contributed by atoms with E-state index < -0.39 is 6.04 Å². The maximum Gasteiger partial charge on any atom is 0.249 e. The Balaban J connectivity index is 2.19. The lowest BCUT2D eigenvalue weighted by molar-refractivity contribution is -0.134. The van der Waals surface area contributed by atoms with E-state index in [-0.39, 0.29) is 5.91 Å². The fourth-order valence-electron chi connectivity index (χ4n) is 2.00. The number of halogens is 1. The predicted molar refractivity (Wildman–Crippen MR) is 83.6 cm³/mol. The Morgan fingerprint density at radius 2 is 1.90 bits per heavy atom. The van der Waals surface area contributed by atoms with Gasteiger partial charge in [-0.3, -0.25) is 4.79 Å². The summed E-state index contributed by atoms with van der Waals surface area (Å²) in [4.78, 5) is 15.4. The number of rotatable bonds is 5. The summed E-state index contributed by atoms with van der Waals surface area (Å²) < 4.78 is 0.990. The molecule has 21 heavy (non-hydrogen) atoms. The normalized spacial score (nSPS) is 12.2. The highest BCUT2D eigenvalue weighted by Crippen LogP contribution is 2.18. The number of hydrogen-bond donors (Lipinski definition) is 0. The molecule has 0 aliphatic rings. The lowest BCUT2D eigenvalue weighted by Crippen LogP contribution is -2.36. The van der Waals surface area contributed by atoms with Crippen molar-refractivity contribution in [3.63, 3.8) is 0 Å². The van der Waals surface area contributed by atoms with E-state index in [1.54, 1.807) is 11.8 Å². The Bertz CT molecular complexity index is 606. The molecule has 112 valence electrons. The highest BCUT2D eigenvalue weighted by Gasteiger charge is 2.22. The van der Waals surface area contributed by atoms with E-state index in [0.29, 0.717) is 18.9 Å². The van der Waals surface area contributed by atoms with Crippen LogP contribution in [0.25, 0.3) is 11.4 Å². The van der Waals surface area contributed by atoms with Crippen LogP contribution in [0.4, 0.5) is 0 Å². The van der Waals surface area contributed by atoms with Crippen molar-refractivity contribution in [3.05, 3.63) is 28.7 Å². The average Bonchev–Trinajstić information content (AvgIpc) is 2.98. The zero-order valence-corrected chi connectivity index (χ0v) is 13.9. The largest absolute Gasteiger partial charge is 0.341 e. The Hall–Kier alpha value is -1.76. The van der Waals surface area contributed by atoms with Gasteiger partial charge < -0.3 is 4.90 Å². The molecule has 0 fully saturated rings. The van der Waals surface area contributed by atoms with Gasteiger partial charge >= 0.3 is 0 Å². The Labute approximate surface area is 132 Å². The average molecular weight is 352 g/mol. The SMILES string of the molecule is CCN(CC)C(=O)C(C)n1nnc(-c2ccc(Br)cc2)n1. The van der Waals surface area contributed by atoms with E-state index in [4.69, 9.17) is 0 Å². The summed E-state index contributed by atoms with van der Waals surface area (Å²) in [6.07, 6.45) is 0. The minimum Gasteiger partial charge on any atom is -0.341 e. The molecular formula is C14H18BrN5O. The van der Waals surface area contributed by atoms with Crippen LogP contribution in [0.2, 0.25) is 0 Å². The fourth-order valence-corrected chi connectivity index (χ4v) is 2.27. The summed E-state index contributed by atoms with van der Waals surface area (Å²) in [5.74, 6) is 0.515. The van der Waals surface area contributed by atoms with E-state index in [2.05, 4.69) is 31.3 Å². The molecule has 1 aromatic heterocycles. The quantitative estimate of drug-likeness (QED) is 0.830. The molecule has 0 bridgehead atoms. The molecule has 0 aliphatic carbocycles. The van der Waals surface area contributed by atoms with Gasteiger partial charge in [0.05, 0.1) is 0 Å².